The highest BCUT2D eigenvalue weighted by atomic mass is 35.5. The first-order valence-corrected chi connectivity index (χ1v) is 7.10. The lowest BCUT2D eigenvalue weighted by atomic mass is 10.1. The summed E-state index contributed by atoms with van der Waals surface area (Å²) in [5.74, 6) is 0. The first-order chi connectivity index (χ1) is 8.72. The van der Waals surface area contributed by atoms with Gasteiger partial charge >= 0.3 is 0 Å². The minimum atomic E-state index is -0.0189. The van der Waals surface area contributed by atoms with E-state index in [-0.39, 0.29) is 6.04 Å². The van der Waals surface area contributed by atoms with E-state index >= 15 is 0 Å². The van der Waals surface area contributed by atoms with E-state index < -0.39 is 0 Å². The van der Waals surface area contributed by atoms with E-state index in [9.17, 15) is 0 Å². The fourth-order valence-corrected chi connectivity index (χ4v) is 2.04. The molecule has 0 radical (unpaired) electrons. The number of hydrogen-bond acceptors (Lipinski definition) is 2. The topological polar surface area (TPSA) is 38.4 Å². The smallest absolute Gasteiger partial charge is 0.0435 e. The molecule has 0 aliphatic heterocycles. The molecule has 0 aliphatic rings. The van der Waals surface area contributed by atoms with Crippen molar-refractivity contribution in [1.29, 1.82) is 0 Å². The molecule has 1 aromatic carbocycles. The molecule has 0 aliphatic carbocycles. The summed E-state index contributed by atoms with van der Waals surface area (Å²) < 4.78 is 0. The maximum Gasteiger partial charge on any atom is 0.0435 e. The van der Waals surface area contributed by atoms with Crippen LogP contribution in [0.25, 0.3) is 0 Å². The van der Waals surface area contributed by atoms with Gasteiger partial charge < -0.3 is 5.73 Å². The molecule has 100 valence electrons. The molecule has 18 heavy (non-hydrogen) atoms. The van der Waals surface area contributed by atoms with Crippen molar-refractivity contribution in [3.63, 3.8) is 0 Å². The average Bonchev–Trinajstić information content (AvgIpc) is 2.33. The number of unbranched alkanes of at least 4 members (excludes halogenated alkanes) is 3. The molecule has 0 bridgehead atoms. The molecule has 0 amide bonds. The fraction of sp³-hybridized carbons (Fsp3) is 0.533. The maximum absolute atomic E-state index is 6.00. The average molecular weight is 267 g/mol. The zero-order chi connectivity index (χ0) is 13.2. The van der Waals surface area contributed by atoms with Gasteiger partial charge in [0.05, 0.1) is 0 Å². The van der Waals surface area contributed by atoms with Gasteiger partial charge in [-0.05, 0) is 30.5 Å². The van der Waals surface area contributed by atoms with Gasteiger partial charge in [-0.3, -0.25) is 4.99 Å². The van der Waals surface area contributed by atoms with Crippen molar-refractivity contribution in [1.82, 2.24) is 0 Å². The molecule has 1 atom stereocenters. The van der Waals surface area contributed by atoms with Crippen molar-refractivity contribution in [3.8, 4) is 0 Å². The number of rotatable bonds is 8. The van der Waals surface area contributed by atoms with Crippen LogP contribution in [0.1, 0.15) is 38.2 Å². The van der Waals surface area contributed by atoms with Crippen molar-refractivity contribution in [2.75, 3.05) is 6.54 Å². The Balaban J connectivity index is 2.24. The van der Waals surface area contributed by atoms with Crippen molar-refractivity contribution < 1.29 is 0 Å². The molecule has 3 heteroatoms. The van der Waals surface area contributed by atoms with E-state index in [0.717, 1.165) is 30.0 Å². The summed E-state index contributed by atoms with van der Waals surface area (Å²) in [5, 5.41) is 0.760. The summed E-state index contributed by atoms with van der Waals surface area (Å²) in [6.07, 6.45) is 7.64. The standard InChI is InChI=1S/C15H23ClN2/c1-2-3-4-5-9-18-12-15(17)11-13-7-6-8-14(16)10-13/h6-8,10,12,15H,2-5,9,11,17H2,1H3. The molecular formula is C15H23ClN2. The van der Waals surface area contributed by atoms with Crippen molar-refractivity contribution in [3.05, 3.63) is 34.9 Å². The van der Waals surface area contributed by atoms with E-state index in [0.29, 0.717) is 0 Å². The van der Waals surface area contributed by atoms with Crippen LogP contribution in [-0.4, -0.2) is 18.8 Å². The minimum absolute atomic E-state index is 0.0189. The third kappa shape index (κ3) is 6.77. The Morgan fingerprint density at radius 1 is 1.33 bits per heavy atom. The lowest BCUT2D eigenvalue weighted by Gasteiger charge is -2.06. The Bertz CT molecular complexity index is 363. The highest BCUT2D eigenvalue weighted by molar-refractivity contribution is 6.30. The minimum Gasteiger partial charge on any atom is -0.323 e. The van der Waals surface area contributed by atoms with Gasteiger partial charge in [-0.15, -0.1) is 0 Å². The van der Waals surface area contributed by atoms with Crippen LogP contribution in [0, 0.1) is 0 Å². The van der Waals surface area contributed by atoms with Crippen LogP contribution < -0.4 is 5.73 Å². The molecule has 0 spiro atoms. The Kier molecular flexibility index (Phi) is 7.70. The molecule has 0 saturated carbocycles. The zero-order valence-corrected chi connectivity index (χ0v) is 11.9. The molecule has 1 unspecified atom stereocenters. The van der Waals surface area contributed by atoms with E-state index in [1.54, 1.807) is 0 Å². The first kappa shape index (κ1) is 15.2. The lowest BCUT2D eigenvalue weighted by molar-refractivity contribution is 0.674. The second-order valence-electron chi connectivity index (χ2n) is 4.61. The Morgan fingerprint density at radius 3 is 2.89 bits per heavy atom. The summed E-state index contributed by atoms with van der Waals surface area (Å²) in [4.78, 5) is 4.38. The molecule has 0 heterocycles. The van der Waals surface area contributed by atoms with E-state index in [1.165, 1.54) is 19.3 Å². The zero-order valence-electron chi connectivity index (χ0n) is 11.1. The summed E-state index contributed by atoms with van der Waals surface area (Å²) >= 11 is 5.93. The predicted molar refractivity (Wildman–Crippen MR) is 80.6 cm³/mol. The molecule has 0 aromatic heterocycles. The van der Waals surface area contributed by atoms with Crippen LogP contribution >= 0.6 is 11.6 Å². The van der Waals surface area contributed by atoms with Gasteiger partial charge in [-0.2, -0.15) is 0 Å². The Labute approximate surface area is 115 Å². The van der Waals surface area contributed by atoms with Crippen LogP contribution in [-0.2, 0) is 6.42 Å². The lowest BCUT2D eigenvalue weighted by Crippen LogP contribution is -2.24. The number of hydrogen-bond donors (Lipinski definition) is 1. The molecule has 0 saturated heterocycles. The van der Waals surface area contributed by atoms with Gasteiger partial charge in [-0.25, -0.2) is 0 Å². The summed E-state index contributed by atoms with van der Waals surface area (Å²) in [5.41, 5.74) is 7.16. The number of nitrogens with two attached hydrogens (primary N) is 1. The van der Waals surface area contributed by atoms with Crippen LogP contribution in [0.5, 0.6) is 0 Å². The predicted octanol–water partition coefficient (Wildman–Crippen LogP) is 3.86. The summed E-state index contributed by atoms with van der Waals surface area (Å²) in [6.45, 7) is 3.10. The van der Waals surface area contributed by atoms with Gasteiger partial charge in [0.15, 0.2) is 0 Å². The third-order valence-corrected chi connectivity index (χ3v) is 3.03. The van der Waals surface area contributed by atoms with Gasteiger partial charge in [0.2, 0.25) is 0 Å². The van der Waals surface area contributed by atoms with Crippen molar-refractivity contribution in [2.45, 2.75) is 45.1 Å². The fourth-order valence-electron chi connectivity index (χ4n) is 1.83. The highest BCUT2D eigenvalue weighted by Gasteiger charge is 2.01. The summed E-state index contributed by atoms with van der Waals surface area (Å²) in [7, 11) is 0. The van der Waals surface area contributed by atoms with Crippen molar-refractivity contribution in [2.24, 2.45) is 10.7 Å². The molecule has 2 N–H and O–H groups in total. The van der Waals surface area contributed by atoms with E-state index in [2.05, 4.69) is 11.9 Å². The van der Waals surface area contributed by atoms with Crippen LogP contribution in [0.2, 0.25) is 5.02 Å². The maximum atomic E-state index is 6.00. The molecule has 0 fully saturated rings. The van der Waals surface area contributed by atoms with Gasteiger partial charge in [0.1, 0.15) is 0 Å². The largest absolute Gasteiger partial charge is 0.323 e. The second-order valence-corrected chi connectivity index (χ2v) is 5.05. The molecule has 1 rings (SSSR count). The highest BCUT2D eigenvalue weighted by Crippen LogP contribution is 2.11. The SMILES string of the molecule is CCCCCCN=CC(N)Cc1cccc(Cl)c1. The monoisotopic (exact) mass is 266 g/mol. The molecular weight excluding hydrogens is 244 g/mol. The Hall–Kier alpha value is -0.860. The Morgan fingerprint density at radius 2 is 2.17 bits per heavy atom. The number of aliphatic imine (C=N–C) groups is 1. The summed E-state index contributed by atoms with van der Waals surface area (Å²) in [6, 6.07) is 7.80. The van der Waals surface area contributed by atoms with Crippen molar-refractivity contribution >= 4 is 17.8 Å². The van der Waals surface area contributed by atoms with Crippen LogP contribution in [0.4, 0.5) is 0 Å². The molecule has 2 nitrogen and oxygen atoms in total. The van der Waals surface area contributed by atoms with Crippen LogP contribution in [0.15, 0.2) is 29.3 Å². The van der Waals surface area contributed by atoms with Gasteiger partial charge in [0.25, 0.3) is 0 Å². The van der Waals surface area contributed by atoms with Crippen LogP contribution in [0.3, 0.4) is 0 Å². The van der Waals surface area contributed by atoms with Gasteiger partial charge in [-0.1, -0.05) is 49.9 Å². The number of nitrogens with zero attached hydrogens (tertiary/aromatic N) is 1. The normalized spacial score (nSPS) is 13.1. The first-order valence-electron chi connectivity index (χ1n) is 6.72. The quantitative estimate of drug-likeness (QED) is 0.563. The second kappa shape index (κ2) is 9.12. The van der Waals surface area contributed by atoms with E-state index in [1.807, 2.05) is 30.5 Å². The molecule has 1 aromatic rings. The number of halogens is 1. The third-order valence-electron chi connectivity index (χ3n) is 2.80. The van der Waals surface area contributed by atoms with Gasteiger partial charge in [0, 0.05) is 23.8 Å². The number of benzene rings is 1. The van der Waals surface area contributed by atoms with E-state index in [4.69, 9.17) is 17.3 Å².